The summed E-state index contributed by atoms with van der Waals surface area (Å²) in [6.07, 6.45) is 1.35. The van der Waals surface area contributed by atoms with Gasteiger partial charge in [0.1, 0.15) is 5.76 Å². The van der Waals surface area contributed by atoms with Gasteiger partial charge in [0.05, 0.1) is 11.8 Å². The minimum absolute atomic E-state index is 0.311. The van der Waals surface area contributed by atoms with E-state index in [4.69, 9.17) is 0 Å². The fourth-order valence-electron chi connectivity index (χ4n) is 0.504. The van der Waals surface area contributed by atoms with Crippen LogP contribution in [-0.4, -0.2) is 10.3 Å². The molecule has 1 heterocycles. The van der Waals surface area contributed by atoms with Crippen LogP contribution < -0.4 is 0 Å². The van der Waals surface area contributed by atoms with Crippen molar-refractivity contribution in [1.29, 1.82) is 0 Å². The summed E-state index contributed by atoms with van der Waals surface area (Å²) in [5.74, 6) is 0.509. The topological polar surface area (TPSA) is 43.1 Å². The lowest BCUT2D eigenvalue weighted by Crippen LogP contribution is -1.86. The predicted octanol–water partition coefficient (Wildman–Crippen LogP) is 1.05. The van der Waals surface area contributed by atoms with Crippen molar-refractivity contribution in [3.8, 4) is 0 Å². The summed E-state index contributed by atoms with van der Waals surface area (Å²) in [5.41, 5.74) is 0.429. The zero-order valence-electron chi connectivity index (χ0n) is 4.79. The molecule has 0 saturated heterocycles. The monoisotopic (exact) mass is 143 g/mol. The molecule has 0 amide bonds. The van der Waals surface area contributed by atoms with E-state index in [2.05, 4.69) is 22.3 Å². The molecule has 0 bridgehead atoms. The Hall–Kier alpha value is -0.770. The quantitative estimate of drug-likeness (QED) is 0.597. The van der Waals surface area contributed by atoms with Crippen molar-refractivity contribution in [3.05, 3.63) is 17.5 Å². The fourth-order valence-corrected chi connectivity index (χ4v) is 0.719. The molecule has 3 nitrogen and oxygen atoms in total. The first-order chi connectivity index (χ1) is 4.22. The predicted molar refractivity (Wildman–Crippen MR) is 34.6 cm³/mol. The summed E-state index contributed by atoms with van der Waals surface area (Å²) in [7, 11) is 0. The standard InChI is InChI=1S/C5H5NO2S/c1-3-4(5(7)9)2-6-8-3/h2H,1H3,(H,7,9). The van der Waals surface area contributed by atoms with E-state index in [9.17, 15) is 4.79 Å². The molecule has 0 atom stereocenters. The third-order valence-corrected chi connectivity index (χ3v) is 1.22. The fraction of sp³-hybridized carbons (Fsp3) is 0.200. The molecule has 0 aliphatic carbocycles. The van der Waals surface area contributed by atoms with Crippen LogP contribution in [0.4, 0.5) is 0 Å². The van der Waals surface area contributed by atoms with Gasteiger partial charge in [-0.25, -0.2) is 0 Å². The molecule has 1 rings (SSSR count). The van der Waals surface area contributed by atoms with Gasteiger partial charge in [0.15, 0.2) is 0 Å². The SMILES string of the molecule is Cc1oncc1C(=O)S. The molecule has 9 heavy (non-hydrogen) atoms. The highest BCUT2D eigenvalue weighted by Gasteiger charge is 2.06. The lowest BCUT2D eigenvalue weighted by molar-refractivity contribution is 0.109. The number of carbonyl (C=O) groups is 1. The van der Waals surface area contributed by atoms with Gasteiger partial charge >= 0.3 is 0 Å². The van der Waals surface area contributed by atoms with Crippen LogP contribution in [0.2, 0.25) is 0 Å². The molecule has 0 radical (unpaired) electrons. The van der Waals surface area contributed by atoms with Crippen LogP contribution in [0.3, 0.4) is 0 Å². The van der Waals surface area contributed by atoms with Crippen LogP contribution >= 0.6 is 12.6 Å². The Labute approximate surface area is 57.4 Å². The van der Waals surface area contributed by atoms with Crippen LogP contribution in [0.25, 0.3) is 0 Å². The minimum Gasteiger partial charge on any atom is -0.361 e. The number of aromatic nitrogens is 1. The molecule has 0 unspecified atom stereocenters. The van der Waals surface area contributed by atoms with Gasteiger partial charge in [0.2, 0.25) is 5.12 Å². The van der Waals surface area contributed by atoms with Gasteiger partial charge in [-0.2, -0.15) is 0 Å². The van der Waals surface area contributed by atoms with Gasteiger partial charge in [-0.15, -0.1) is 12.6 Å². The van der Waals surface area contributed by atoms with Crippen molar-refractivity contribution in [3.63, 3.8) is 0 Å². The average Bonchev–Trinajstić information content (AvgIpc) is 2.13. The van der Waals surface area contributed by atoms with Crippen molar-refractivity contribution in [2.75, 3.05) is 0 Å². The number of nitrogens with zero attached hydrogens (tertiary/aromatic N) is 1. The molecule has 0 aliphatic heterocycles. The molecular weight excluding hydrogens is 138 g/mol. The number of hydrogen-bond acceptors (Lipinski definition) is 3. The summed E-state index contributed by atoms with van der Waals surface area (Å²) in [5, 5.41) is 3.09. The second kappa shape index (κ2) is 2.23. The van der Waals surface area contributed by atoms with E-state index in [1.54, 1.807) is 6.92 Å². The van der Waals surface area contributed by atoms with Crippen LogP contribution in [0.1, 0.15) is 16.1 Å². The van der Waals surface area contributed by atoms with Gasteiger partial charge in [-0.05, 0) is 6.92 Å². The summed E-state index contributed by atoms with van der Waals surface area (Å²) in [6, 6.07) is 0. The van der Waals surface area contributed by atoms with E-state index in [0.717, 1.165) is 0 Å². The van der Waals surface area contributed by atoms with Crippen molar-refractivity contribution >= 4 is 17.7 Å². The molecule has 0 aromatic carbocycles. The van der Waals surface area contributed by atoms with Crippen LogP contribution in [0, 0.1) is 6.92 Å². The zero-order chi connectivity index (χ0) is 6.85. The maximum atomic E-state index is 10.5. The Balaban J connectivity index is 3.08. The van der Waals surface area contributed by atoms with Crippen LogP contribution in [0.15, 0.2) is 10.7 Å². The first-order valence-corrected chi connectivity index (χ1v) is 2.81. The lowest BCUT2D eigenvalue weighted by atomic mass is 10.3. The van der Waals surface area contributed by atoms with Gasteiger partial charge < -0.3 is 4.52 Å². The second-order valence-corrected chi connectivity index (χ2v) is 2.01. The summed E-state index contributed by atoms with van der Waals surface area (Å²) < 4.78 is 4.61. The maximum absolute atomic E-state index is 10.5. The molecule has 0 spiro atoms. The first kappa shape index (κ1) is 6.35. The van der Waals surface area contributed by atoms with E-state index in [1.165, 1.54) is 6.20 Å². The zero-order valence-corrected chi connectivity index (χ0v) is 5.68. The molecular formula is C5H5NO2S. The first-order valence-electron chi connectivity index (χ1n) is 2.36. The molecule has 0 fully saturated rings. The number of carbonyl (C=O) groups excluding carboxylic acids is 1. The van der Waals surface area contributed by atoms with Crippen molar-refractivity contribution in [1.82, 2.24) is 5.16 Å². The molecule has 0 saturated carbocycles. The molecule has 0 aliphatic rings. The Morgan fingerprint density at radius 2 is 2.56 bits per heavy atom. The molecule has 0 N–H and O–H groups in total. The smallest absolute Gasteiger partial charge is 0.221 e. The highest BCUT2D eigenvalue weighted by atomic mass is 32.1. The Morgan fingerprint density at radius 1 is 1.89 bits per heavy atom. The molecule has 48 valence electrons. The minimum atomic E-state index is -0.311. The number of aryl methyl sites for hydroxylation is 1. The van der Waals surface area contributed by atoms with Crippen molar-refractivity contribution in [2.45, 2.75) is 6.92 Å². The Bertz CT molecular complexity index is 231. The van der Waals surface area contributed by atoms with Crippen molar-refractivity contribution in [2.24, 2.45) is 0 Å². The highest BCUT2D eigenvalue weighted by molar-refractivity contribution is 7.97. The van der Waals surface area contributed by atoms with Crippen LogP contribution in [-0.2, 0) is 0 Å². The average molecular weight is 143 g/mol. The van der Waals surface area contributed by atoms with E-state index < -0.39 is 0 Å². The largest absolute Gasteiger partial charge is 0.361 e. The van der Waals surface area contributed by atoms with Crippen molar-refractivity contribution < 1.29 is 9.32 Å². The summed E-state index contributed by atoms with van der Waals surface area (Å²) in [6.45, 7) is 1.66. The Morgan fingerprint density at radius 3 is 2.78 bits per heavy atom. The third-order valence-electron chi connectivity index (χ3n) is 0.981. The number of rotatable bonds is 1. The third kappa shape index (κ3) is 1.13. The van der Waals surface area contributed by atoms with E-state index in [1.807, 2.05) is 0 Å². The second-order valence-electron chi connectivity index (χ2n) is 1.60. The number of thiol groups is 1. The van der Waals surface area contributed by atoms with E-state index in [-0.39, 0.29) is 5.12 Å². The molecule has 1 aromatic rings. The van der Waals surface area contributed by atoms with Gasteiger partial charge in [-0.3, -0.25) is 4.79 Å². The number of hydrogen-bond donors (Lipinski definition) is 1. The Kier molecular flexibility index (Phi) is 1.57. The summed E-state index contributed by atoms with van der Waals surface area (Å²) >= 11 is 3.58. The van der Waals surface area contributed by atoms with Gasteiger partial charge in [-0.1, -0.05) is 5.16 Å². The van der Waals surface area contributed by atoms with E-state index >= 15 is 0 Å². The van der Waals surface area contributed by atoms with Gasteiger partial charge in [0.25, 0.3) is 0 Å². The highest BCUT2D eigenvalue weighted by Crippen LogP contribution is 2.07. The van der Waals surface area contributed by atoms with E-state index in [0.29, 0.717) is 11.3 Å². The van der Waals surface area contributed by atoms with Gasteiger partial charge in [0, 0.05) is 0 Å². The summed E-state index contributed by atoms with van der Waals surface area (Å²) in [4.78, 5) is 10.5. The normalized spacial score (nSPS) is 9.56. The maximum Gasteiger partial charge on any atom is 0.221 e. The molecule has 4 heteroatoms. The lowest BCUT2D eigenvalue weighted by Gasteiger charge is -1.82. The van der Waals surface area contributed by atoms with Crippen LogP contribution in [0.5, 0.6) is 0 Å². The molecule has 1 aromatic heterocycles.